The van der Waals surface area contributed by atoms with Gasteiger partial charge in [-0.05, 0) is 24.7 Å². The van der Waals surface area contributed by atoms with Crippen molar-refractivity contribution in [3.8, 4) is 11.5 Å². The maximum absolute atomic E-state index is 11.7. The van der Waals surface area contributed by atoms with E-state index >= 15 is 0 Å². The van der Waals surface area contributed by atoms with Crippen LogP contribution >= 0.6 is 0 Å². The summed E-state index contributed by atoms with van der Waals surface area (Å²) in [5.41, 5.74) is 0.463. The van der Waals surface area contributed by atoms with Crippen molar-refractivity contribution >= 4 is 12.2 Å². The highest BCUT2D eigenvalue weighted by Gasteiger charge is 2.16. The topological polar surface area (TPSA) is 91.3 Å². The second kappa shape index (κ2) is 8.35. The van der Waals surface area contributed by atoms with E-state index in [1.54, 1.807) is 35.2 Å². The van der Waals surface area contributed by atoms with Crippen molar-refractivity contribution < 1.29 is 24.2 Å². The van der Waals surface area contributed by atoms with E-state index in [1.807, 2.05) is 0 Å². The molecule has 0 unspecified atom stereocenters. The zero-order chi connectivity index (χ0) is 17.6. The highest BCUT2D eigenvalue weighted by Crippen LogP contribution is 2.27. The molecular formula is C15H23N3O5. The zero-order valence-corrected chi connectivity index (χ0v) is 14.0. The summed E-state index contributed by atoms with van der Waals surface area (Å²) >= 11 is 0. The molecule has 0 saturated carbocycles. The monoisotopic (exact) mass is 325 g/mol. The molecule has 2 amide bonds. The van der Waals surface area contributed by atoms with Crippen LogP contribution in [0.3, 0.4) is 0 Å². The van der Waals surface area contributed by atoms with Gasteiger partial charge in [-0.25, -0.2) is 9.59 Å². The van der Waals surface area contributed by atoms with E-state index in [4.69, 9.17) is 9.47 Å². The van der Waals surface area contributed by atoms with Gasteiger partial charge in [0, 0.05) is 40.8 Å². The second-order valence-corrected chi connectivity index (χ2v) is 5.34. The molecule has 0 bridgehead atoms. The molecule has 0 aliphatic rings. The SMILES string of the molecule is CNC[C@H](O)c1cc(OC(=O)N(C)C)cc(OC(=O)N(C)C)c1. The standard InChI is InChI=1S/C15H23N3O5/c1-16-9-13(19)10-6-11(22-14(20)17(2)3)8-12(7-10)23-15(21)18(4)5/h6-8,13,16,19H,9H2,1-5H3/t13-/m0/s1. The molecule has 128 valence electrons. The van der Waals surface area contributed by atoms with Gasteiger partial charge in [0.2, 0.25) is 0 Å². The lowest BCUT2D eigenvalue weighted by Crippen LogP contribution is -2.26. The minimum absolute atomic E-state index is 0.179. The van der Waals surface area contributed by atoms with E-state index < -0.39 is 18.3 Å². The molecule has 0 spiro atoms. The van der Waals surface area contributed by atoms with E-state index in [2.05, 4.69) is 5.32 Å². The minimum Gasteiger partial charge on any atom is -0.410 e. The van der Waals surface area contributed by atoms with E-state index in [0.717, 1.165) is 0 Å². The minimum atomic E-state index is -0.838. The van der Waals surface area contributed by atoms with Crippen molar-refractivity contribution in [1.29, 1.82) is 0 Å². The van der Waals surface area contributed by atoms with Gasteiger partial charge in [0.1, 0.15) is 11.5 Å². The van der Waals surface area contributed by atoms with Crippen LogP contribution in [0.5, 0.6) is 11.5 Å². The van der Waals surface area contributed by atoms with Crippen LogP contribution in [0.4, 0.5) is 9.59 Å². The van der Waals surface area contributed by atoms with Crippen molar-refractivity contribution in [2.75, 3.05) is 41.8 Å². The lowest BCUT2D eigenvalue weighted by molar-refractivity contribution is 0.166. The number of hydrogen-bond donors (Lipinski definition) is 2. The number of rotatable bonds is 5. The molecular weight excluding hydrogens is 302 g/mol. The van der Waals surface area contributed by atoms with Gasteiger partial charge in [0.25, 0.3) is 0 Å². The normalized spacial score (nSPS) is 11.6. The fourth-order valence-corrected chi connectivity index (χ4v) is 1.60. The molecule has 2 N–H and O–H groups in total. The Bertz CT molecular complexity index is 520. The second-order valence-electron chi connectivity index (χ2n) is 5.34. The van der Waals surface area contributed by atoms with Gasteiger partial charge in [-0.1, -0.05) is 0 Å². The number of ether oxygens (including phenoxy) is 2. The van der Waals surface area contributed by atoms with E-state index in [0.29, 0.717) is 12.1 Å². The number of amides is 2. The van der Waals surface area contributed by atoms with Crippen LogP contribution in [-0.4, -0.2) is 68.9 Å². The van der Waals surface area contributed by atoms with E-state index in [-0.39, 0.29) is 11.5 Å². The van der Waals surface area contributed by atoms with E-state index in [9.17, 15) is 14.7 Å². The maximum Gasteiger partial charge on any atom is 0.414 e. The van der Waals surface area contributed by atoms with Crippen LogP contribution in [0.2, 0.25) is 0 Å². The summed E-state index contributed by atoms with van der Waals surface area (Å²) in [6.45, 7) is 0.298. The third-order valence-electron chi connectivity index (χ3n) is 2.83. The third-order valence-corrected chi connectivity index (χ3v) is 2.83. The Morgan fingerprint density at radius 3 is 1.83 bits per heavy atom. The fourth-order valence-electron chi connectivity index (χ4n) is 1.60. The fraction of sp³-hybridized carbons (Fsp3) is 0.467. The lowest BCUT2D eigenvalue weighted by Gasteiger charge is -2.17. The molecule has 1 aromatic rings. The number of carbonyl (C=O) groups excluding carboxylic acids is 2. The van der Waals surface area contributed by atoms with Crippen molar-refractivity contribution in [3.05, 3.63) is 23.8 Å². The zero-order valence-electron chi connectivity index (χ0n) is 14.0. The average Bonchev–Trinajstić information content (AvgIpc) is 2.46. The molecule has 0 heterocycles. The van der Waals surface area contributed by atoms with Gasteiger partial charge < -0.3 is 29.7 Å². The summed E-state index contributed by atoms with van der Waals surface area (Å²) in [6.07, 6.45) is -1.99. The summed E-state index contributed by atoms with van der Waals surface area (Å²) < 4.78 is 10.4. The van der Waals surface area contributed by atoms with Crippen molar-refractivity contribution in [1.82, 2.24) is 15.1 Å². The lowest BCUT2D eigenvalue weighted by atomic mass is 10.1. The molecule has 0 saturated heterocycles. The van der Waals surface area contributed by atoms with Gasteiger partial charge in [0.15, 0.2) is 0 Å². The van der Waals surface area contributed by atoms with Crippen LogP contribution in [0, 0.1) is 0 Å². The Morgan fingerprint density at radius 2 is 1.48 bits per heavy atom. The summed E-state index contributed by atoms with van der Waals surface area (Å²) in [4.78, 5) is 25.9. The Morgan fingerprint density at radius 1 is 1.04 bits per heavy atom. The summed E-state index contributed by atoms with van der Waals surface area (Å²) in [7, 11) is 7.90. The van der Waals surface area contributed by atoms with Gasteiger partial charge in [-0.2, -0.15) is 0 Å². The predicted molar refractivity (Wildman–Crippen MR) is 84.8 cm³/mol. The molecule has 0 aliphatic carbocycles. The van der Waals surface area contributed by atoms with Crippen molar-refractivity contribution in [2.24, 2.45) is 0 Å². The predicted octanol–water partition coefficient (Wildman–Crippen LogP) is 1.06. The van der Waals surface area contributed by atoms with E-state index in [1.165, 1.54) is 28.0 Å². The molecule has 0 aliphatic heterocycles. The van der Waals surface area contributed by atoms with Crippen molar-refractivity contribution in [2.45, 2.75) is 6.10 Å². The number of nitrogens with one attached hydrogen (secondary N) is 1. The molecule has 8 nitrogen and oxygen atoms in total. The largest absolute Gasteiger partial charge is 0.414 e. The first-order chi connectivity index (χ1) is 10.7. The Hall–Kier alpha value is -2.32. The summed E-state index contributed by atoms with van der Waals surface area (Å²) in [6, 6.07) is 4.46. The first-order valence-corrected chi connectivity index (χ1v) is 7.00. The number of hydrogen-bond acceptors (Lipinski definition) is 6. The quantitative estimate of drug-likeness (QED) is 0.841. The number of aliphatic hydroxyl groups excluding tert-OH is 1. The molecule has 1 atom stereocenters. The number of likely N-dealkylation sites (N-methyl/N-ethyl adjacent to an activating group) is 1. The van der Waals surface area contributed by atoms with Crippen LogP contribution < -0.4 is 14.8 Å². The summed E-state index contributed by atoms with van der Waals surface area (Å²) in [5.74, 6) is 0.357. The Balaban J connectivity index is 3.10. The van der Waals surface area contributed by atoms with Crippen LogP contribution in [-0.2, 0) is 0 Å². The van der Waals surface area contributed by atoms with Crippen LogP contribution in [0.25, 0.3) is 0 Å². The molecule has 0 aromatic heterocycles. The Kier molecular flexibility index (Phi) is 6.80. The number of aliphatic hydroxyl groups is 1. The first-order valence-electron chi connectivity index (χ1n) is 7.00. The molecule has 0 radical (unpaired) electrons. The third kappa shape index (κ3) is 5.76. The molecule has 0 fully saturated rings. The number of nitrogens with zero attached hydrogens (tertiary/aromatic N) is 2. The molecule has 1 aromatic carbocycles. The van der Waals surface area contributed by atoms with Gasteiger partial charge in [-0.3, -0.25) is 0 Å². The first kappa shape index (κ1) is 18.7. The molecule has 23 heavy (non-hydrogen) atoms. The van der Waals surface area contributed by atoms with Crippen LogP contribution in [0.15, 0.2) is 18.2 Å². The molecule has 8 heteroatoms. The molecule has 1 rings (SSSR count). The van der Waals surface area contributed by atoms with Crippen LogP contribution in [0.1, 0.15) is 11.7 Å². The smallest absolute Gasteiger partial charge is 0.410 e. The van der Waals surface area contributed by atoms with Gasteiger partial charge >= 0.3 is 12.2 Å². The maximum atomic E-state index is 11.7. The number of carbonyl (C=O) groups is 2. The van der Waals surface area contributed by atoms with Gasteiger partial charge in [-0.15, -0.1) is 0 Å². The van der Waals surface area contributed by atoms with Crippen molar-refractivity contribution in [3.63, 3.8) is 0 Å². The van der Waals surface area contributed by atoms with Gasteiger partial charge in [0.05, 0.1) is 6.10 Å². The highest BCUT2D eigenvalue weighted by atomic mass is 16.6. The highest BCUT2D eigenvalue weighted by molar-refractivity contribution is 5.72. The number of benzene rings is 1. The summed E-state index contributed by atoms with van der Waals surface area (Å²) in [5, 5.41) is 12.9. The average molecular weight is 325 g/mol. The Labute approximate surface area is 135 Å².